The van der Waals surface area contributed by atoms with Crippen molar-refractivity contribution in [3.63, 3.8) is 0 Å². The molecule has 0 aliphatic carbocycles. The van der Waals surface area contributed by atoms with Crippen molar-refractivity contribution < 1.29 is 4.43 Å². The molecule has 0 amide bonds. The molecule has 2 rings (SSSR count). The zero-order valence-electron chi connectivity index (χ0n) is 12.0. The third-order valence-electron chi connectivity index (χ3n) is 3.67. The molecule has 0 saturated carbocycles. The van der Waals surface area contributed by atoms with Gasteiger partial charge in [0.25, 0.3) is 0 Å². The van der Waals surface area contributed by atoms with Crippen LogP contribution in [0.25, 0.3) is 10.2 Å². The first-order valence-corrected chi connectivity index (χ1v) is 10.3. The van der Waals surface area contributed by atoms with Crippen LogP contribution >= 0.6 is 22.9 Å². The molecule has 0 bridgehead atoms. The standard InChI is InChI=1S/C13H19ClN2OSSi/c1-13(2,3)19(4,5)17-8-9-6-10-11(18-9)7-15-12(14)16-10/h6-7H,8H2,1-5H3. The molecule has 0 aromatic carbocycles. The maximum absolute atomic E-state index is 6.21. The Balaban J connectivity index is 2.14. The van der Waals surface area contributed by atoms with Gasteiger partial charge in [0.05, 0.1) is 16.8 Å². The Hall–Kier alpha value is -0.493. The van der Waals surface area contributed by atoms with E-state index in [1.807, 2.05) is 6.07 Å². The molecule has 0 fully saturated rings. The lowest BCUT2D eigenvalue weighted by atomic mass is 10.2. The van der Waals surface area contributed by atoms with Gasteiger partial charge in [0, 0.05) is 11.1 Å². The first kappa shape index (κ1) is 14.9. The molecule has 0 aliphatic heterocycles. The Bertz CT molecular complexity index is 592. The number of halogens is 1. The predicted octanol–water partition coefficient (Wildman–Crippen LogP) is 4.87. The van der Waals surface area contributed by atoms with Crippen LogP contribution in [0.15, 0.2) is 12.3 Å². The minimum absolute atomic E-state index is 0.229. The highest BCUT2D eigenvalue weighted by atomic mass is 35.5. The summed E-state index contributed by atoms with van der Waals surface area (Å²) in [5.74, 6) is 0. The van der Waals surface area contributed by atoms with E-state index in [4.69, 9.17) is 16.0 Å². The van der Waals surface area contributed by atoms with Crippen LogP contribution in [0, 0.1) is 0 Å². The molecule has 0 atom stereocenters. The first-order valence-electron chi connectivity index (χ1n) is 6.24. The highest BCUT2D eigenvalue weighted by Gasteiger charge is 2.37. The summed E-state index contributed by atoms with van der Waals surface area (Å²) >= 11 is 7.47. The average Bonchev–Trinajstić information content (AvgIpc) is 2.67. The van der Waals surface area contributed by atoms with Crippen LogP contribution in [0.5, 0.6) is 0 Å². The van der Waals surface area contributed by atoms with Gasteiger partial charge in [-0.1, -0.05) is 20.8 Å². The first-order chi connectivity index (χ1) is 8.69. The average molecular weight is 315 g/mol. The van der Waals surface area contributed by atoms with Crippen LogP contribution in [0.1, 0.15) is 25.6 Å². The summed E-state index contributed by atoms with van der Waals surface area (Å²) in [5, 5.41) is 0.523. The van der Waals surface area contributed by atoms with E-state index >= 15 is 0 Å². The predicted molar refractivity (Wildman–Crippen MR) is 84.4 cm³/mol. The molecule has 2 aromatic rings. The van der Waals surface area contributed by atoms with Gasteiger partial charge in [0.15, 0.2) is 8.32 Å². The van der Waals surface area contributed by atoms with Crippen molar-refractivity contribution in [1.29, 1.82) is 0 Å². The number of fused-ring (bicyclic) bond motifs is 1. The topological polar surface area (TPSA) is 35.0 Å². The van der Waals surface area contributed by atoms with E-state index in [-0.39, 0.29) is 5.04 Å². The molecule has 19 heavy (non-hydrogen) atoms. The summed E-state index contributed by atoms with van der Waals surface area (Å²) in [6, 6.07) is 2.04. The molecular formula is C13H19ClN2OSSi. The van der Waals surface area contributed by atoms with Crippen molar-refractivity contribution in [2.24, 2.45) is 0 Å². The van der Waals surface area contributed by atoms with Crippen LogP contribution in [-0.4, -0.2) is 18.3 Å². The quantitative estimate of drug-likeness (QED) is 0.599. The van der Waals surface area contributed by atoms with E-state index < -0.39 is 8.32 Å². The summed E-state index contributed by atoms with van der Waals surface area (Å²) < 4.78 is 7.26. The fraction of sp³-hybridized carbons (Fsp3) is 0.538. The maximum Gasteiger partial charge on any atom is 0.222 e. The van der Waals surface area contributed by atoms with Crippen LogP contribution in [0.4, 0.5) is 0 Å². The van der Waals surface area contributed by atoms with Crippen molar-refractivity contribution in [2.75, 3.05) is 0 Å². The minimum atomic E-state index is -1.70. The van der Waals surface area contributed by atoms with Gasteiger partial charge in [-0.05, 0) is 35.8 Å². The summed E-state index contributed by atoms with van der Waals surface area (Å²) in [6.07, 6.45) is 1.77. The number of nitrogens with zero attached hydrogens (tertiary/aromatic N) is 2. The van der Waals surface area contributed by atoms with Crippen molar-refractivity contribution in [2.45, 2.75) is 45.5 Å². The zero-order chi connectivity index (χ0) is 14.3. The van der Waals surface area contributed by atoms with Gasteiger partial charge in [-0.15, -0.1) is 11.3 Å². The van der Waals surface area contributed by atoms with E-state index in [9.17, 15) is 0 Å². The second kappa shape index (κ2) is 5.13. The maximum atomic E-state index is 6.21. The molecule has 2 heterocycles. The third kappa shape index (κ3) is 3.34. The summed E-state index contributed by atoms with van der Waals surface area (Å²) in [6.45, 7) is 11.9. The van der Waals surface area contributed by atoms with E-state index in [2.05, 4.69) is 43.8 Å². The molecule has 0 aliphatic rings. The van der Waals surface area contributed by atoms with Gasteiger partial charge in [0.1, 0.15) is 0 Å². The van der Waals surface area contributed by atoms with Gasteiger partial charge in [0.2, 0.25) is 5.28 Å². The molecule has 0 spiro atoms. The molecule has 2 aromatic heterocycles. The molecule has 0 unspecified atom stereocenters. The minimum Gasteiger partial charge on any atom is -0.412 e. The molecule has 3 nitrogen and oxygen atoms in total. The lowest BCUT2D eigenvalue weighted by Gasteiger charge is -2.35. The van der Waals surface area contributed by atoms with Crippen LogP contribution in [0.3, 0.4) is 0 Å². The molecule has 0 saturated heterocycles. The fourth-order valence-electron chi connectivity index (χ4n) is 1.41. The number of aromatic nitrogens is 2. The van der Waals surface area contributed by atoms with Crippen molar-refractivity contribution in [3.05, 3.63) is 22.4 Å². The zero-order valence-corrected chi connectivity index (χ0v) is 14.5. The van der Waals surface area contributed by atoms with Gasteiger partial charge >= 0.3 is 0 Å². The van der Waals surface area contributed by atoms with Gasteiger partial charge in [-0.3, -0.25) is 0 Å². The van der Waals surface area contributed by atoms with E-state index in [1.165, 1.54) is 4.88 Å². The Morgan fingerprint density at radius 2 is 2.05 bits per heavy atom. The highest BCUT2D eigenvalue weighted by molar-refractivity contribution is 7.18. The molecule has 0 N–H and O–H groups in total. The van der Waals surface area contributed by atoms with Crippen LogP contribution in [-0.2, 0) is 11.0 Å². The molecule has 6 heteroatoms. The van der Waals surface area contributed by atoms with Crippen LogP contribution in [0.2, 0.25) is 23.4 Å². The smallest absolute Gasteiger partial charge is 0.222 e. The fourth-order valence-corrected chi connectivity index (χ4v) is 3.49. The Labute approximate surface area is 124 Å². The number of rotatable bonds is 3. The highest BCUT2D eigenvalue weighted by Crippen LogP contribution is 2.37. The largest absolute Gasteiger partial charge is 0.412 e. The van der Waals surface area contributed by atoms with Crippen molar-refractivity contribution in [3.8, 4) is 0 Å². The Kier molecular flexibility index (Phi) is 4.02. The Morgan fingerprint density at radius 1 is 1.37 bits per heavy atom. The number of hydrogen-bond acceptors (Lipinski definition) is 4. The number of thiophene rings is 1. The molecule has 0 radical (unpaired) electrons. The monoisotopic (exact) mass is 314 g/mol. The summed E-state index contributed by atoms with van der Waals surface area (Å²) in [5.41, 5.74) is 0.902. The van der Waals surface area contributed by atoms with Gasteiger partial charge < -0.3 is 4.43 Å². The second-order valence-corrected chi connectivity index (χ2v) is 12.5. The lowest BCUT2D eigenvalue weighted by molar-refractivity contribution is 0.279. The lowest BCUT2D eigenvalue weighted by Crippen LogP contribution is -2.40. The van der Waals surface area contributed by atoms with E-state index in [0.29, 0.717) is 11.9 Å². The van der Waals surface area contributed by atoms with Crippen molar-refractivity contribution >= 4 is 41.5 Å². The molecule has 104 valence electrons. The van der Waals surface area contributed by atoms with E-state index in [1.54, 1.807) is 17.5 Å². The normalized spacial score (nSPS) is 13.2. The molecular weight excluding hydrogens is 296 g/mol. The van der Waals surface area contributed by atoms with Gasteiger partial charge in [-0.25, -0.2) is 9.97 Å². The summed E-state index contributed by atoms with van der Waals surface area (Å²) in [4.78, 5) is 9.39. The third-order valence-corrected chi connectivity index (χ3v) is 9.37. The summed E-state index contributed by atoms with van der Waals surface area (Å²) in [7, 11) is -1.70. The van der Waals surface area contributed by atoms with Gasteiger partial charge in [-0.2, -0.15) is 0 Å². The van der Waals surface area contributed by atoms with Crippen molar-refractivity contribution in [1.82, 2.24) is 9.97 Å². The van der Waals surface area contributed by atoms with Crippen LogP contribution < -0.4 is 0 Å². The second-order valence-electron chi connectivity index (χ2n) is 6.15. The SMILES string of the molecule is CC(C)(C)[Si](C)(C)OCc1cc2nc(Cl)ncc2s1. The number of hydrogen-bond donors (Lipinski definition) is 0. The Morgan fingerprint density at radius 3 is 2.68 bits per heavy atom. The van der Waals surface area contributed by atoms with E-state index in [0.717, 1.165) is 10.2 Å².